The van der Waals surface area contributed by atoms with Crippen LogP contribution in [0.15, 0.2) is 17.2 Å². The van der Waals surface area contributed by atoms with Crippen LogP contribution in [-0.4, -0.2) is 25.0 Å². The predicted octanol–water partition coefficient (Wildman–Crippen LogP) is 3.53. The van der Waals surface area contributed by atoms with Crippen molar-refractivity contribution in [3.63, 3.8) is 0 Å². The van der Waals surface area contributed by atoms with Gasteiger partial charge in [-0.25, -0.2) is 0 Å². The molecule has 0 unspecified atom stereocenters. The summed E-state index contributed by atoms with van der Waals surface area (Å²) in [5, 5.41) is 3.49. The second kappa shape index (κ2) is 6.69. The zero-order valence-corrected chi connectivity index (χ0v) is 10.1. The molecule has 0 bridgehead atoms. The van der Waals surface area contributed by atoms with Crippen molar-refractivity contribution in [3.8, 4) is 0 Å². The van der Waals surface area contributed by atoms with Gasteiger partial charge in [-0.1, -0.05) is 16.7 Å². The molecule has 0 aliphatic carbocycles. The molecule has 0 N–H and O–H groups in total. The molecular formula is C9H13ClN4S. The fraction of sp³-hybridized carbons (Fsp3) is 0.556. The van der Waals surface area contributed by atoms with E-state index in [-0.39, 0.29) is 0 Å². The third kappa shape index (κ3) is 5.04. The molecule has 82 valence electrons. The van der Waals surface area contributed by atoms with Crippen molar-refractivity contribution < 1.29 is 0 Å². The largest absolute Gasteiger partial charge is 0.301 e. The number of rotatable bonds is 6. The van der Waals surface area contributed by atoms with Crippen molar-refractivity contribution in [3.05, 3.63) is 31.8 Å². The van der Waals surface area contributed by atoms with Crippen LogP contribution in [0.25, 0.3) is 10.4 Å². The highest BCUT2D eigenvalue weighted by Crippen LogP contribution is 2.22. The Morgan fingerprint density at radius 3 is 3.00 bits per heavy atom. The number of thiophene rings is 1. The number of hydrogen-bond donors (Lipinski definition) is 0. The molecule has 0 atom stereocenters. The van der Waals surface area contributed by atoms with E-state index < -0.39 is 0 Å². The zero-order chi connectivity index (χ0) is 11.1. The van der Waals surface area contributed by atoms with Gasteiger partial charge in [0.2, 0.25) is 0 Å². The lowest BCUT2D eigenvalue weighted by molar-refractivity contribution is 0.327. The molecular weight excluding hydrogens is 232 g/mol. The molecule has 0 aliphatic heterocycles. The van der Waals surface area contributed by atoms with Gasteiger partial charge in [-0.3, -0.25) is 0 Å². The van der Waals surface area contributed by atoms with Crippen molar-refractivity contribution in [1.29, 1.82) is 0 Å². The molecule has 6 heteroatoms. The van der Waals surface area contributed by atoms with E-state index in [2.05, 4.69) is 14.9 Å². The van der Waals surface area contributed by atoms with Crippen molar-refractivity contribution >= 4 is 22.9 Å². The zero-order valence-electron chi connectivity index (χ0n) is 8.56. The lowest BCUT2D eigenvalue weighted by atomic mass is 10.3. The van der Waals surface area contributed by atoms with E-state index >= 15 is 0 Å². The molecule has 1 heterocycles. The van der Waals surface area contributed by atoms with E-state index in [0.29, 0.717) is 6.54 Å². The molecule has 0 spiro atoms. The van der Waals surface area contributed by atoms with Gasteiger partial charge in [-0.2, -0.15) is 0 Å². The average Bonchev–Trinajstić information content (AvgIpc) is 2.59. The van der Waals surface area contributed by atoms with Crippen LogP contribution in [0.5, 0.6) is 0 Å². The van der Waals surface area contributed by atoms with Gasteiger partial charge in [-0.15, -0.1) is 11.3 Å². The van der Waals surface area contributed by atoms with Gasteiger partial charge in [0, 0.05) is 22.9 Å². The third-order valence-electron chi connectivity index (χ3n) is 1.92. The quantitative estimate of drug-likeness (QED) is 0.327. The molecule has 0 fully saturated rings. The van der Waals surface area contributed by atoms with Crippen LogP contribution in [0.4, 0.5) is 0 Å². The lowest BCUT2D eigenvalue weighted by Gasteiger charge is -2.14. The molecule has 0 aliphatic rings. The van der Waals surface area contributed by atoms with E-state index in [0.717, 1.165) is 23.8 Å². The Labute approximate surface area is 98.1 Å². The SMILES string of the molecule is CN(CCCN=[N+]=[N-])Cc1ccc(Cl)s1. The number of nitrogens with zero attached hydrogens (tertiary/aromatic N) is 4. The molecule has 0 saturated carbocycles. The summed E-state index contributed by atoms with van der Waals surface area (Å²) in [7, 11) is 2.05. The van der Waals surface area contributed by atoms with Gasteiger partial charge in [0.1, 0.15) is 0 Å². The van der Waals surface area contributed by atoms with Crippen molar-refractivity contribution in [2.24, 2.45) is 5.11 Å². The predicted molar refractivity (Wildman–Crippen MR) is 64.3 cm³/mol. The van der Waals surface area contributed by atoms with E-state index in [4.69, 9.17) is 17.1 Å². The highest BCUT2D eigenvalue weighted by Gasteiger charge is 2.02. The van der Waals surface area contributed by atoms with Crippen LogP contribution in [0, 0.1) is 0 Å². The van der Waals surface area contributed by atoms with Crippen LogP contribution in [0.2, 0.25) is 4.34 Å². The van der Waals surface area contributed by atoms with Crippen LogP contribution < -0.4 is 0 Å². The molecule has 4 nitrogen and oxygen atoms in total. The Morgan fingerprint density at radius 1 is 1.60 bits per heavy atom. The average molecular weight is 245 g/mol. The Morgan fingerprint density at radius 2 is 2.40 bits per heavy atom. The number of hydrogen-bond acceptors (Lipinski definition) is 3. The number of halogens is 1. The summed E-state index contributed by atoms with van der Waals surface area (Å²) in [5.74, 6) is 0. The first-order chi connectivity index (χ1) is 7.22. The summed E-state index contributed by atoms with van der Waals surface area (Å²) >= 11 is 7.44. The van der Waals surface area contributed by atoms with E-state index in [1.54, 1.807) is 11.3 Å². The summed E-state index contributed by atoms with van der Waals surface area (Å²) in [6.07, 6.45) is 0.889. The van der Waals surface area contributed by atoms with Gasteiger partial charge in [0.25, 0.3) is 0 Å². The molecule has 0 radical (unpaired) electrons. The maximum absolute atomic E-state index is 8.10. The van der Waals surface area contributed by atoms with Crippen molar-refractivity contribution in [2.45, 2.75) is 13.0 Å². The normalized spacial score (nSPS) is 10.3. The van der Waals surface area contributed by atoms with E-state index in [9.17, 15) is 0 Å². The van der Waals surface area contributed by atoms with Crippen LogP contribution >= 0.6 is 22.9 Å². The molecule has 1 aromatic heterocycles. The van der Waals surface area contributed by atoms with Crippen LogP contribution in [-0.2, 0) is 6.54 Å². The standard InChI is InChI=1S/C9H13ClN4S/c1-14(6-2-5-12-13-11)7-8-3-4-9(10)15-8/h3-4H,2,5-7H2,1H3. The van der Waals surface area contributed by atoms with Crippen LogP contribution in [0.1, 0.15) is 11.3 Å². The second-order valence-electron chi connectivity index (χ2n) is 3.25. The Balaban J connectivity index is 2.23. The molecule has 0 saturated heterocycles. The van der Waals surface area contributed by atoms with Gasteiger partial charge in [0.05, 0.1) is 4.34 Å². The van der Waals surface area contributed by atoms with Crippen LogP contribution in [0.3, 0.4) is 0 Å². The molecule has 1 rings (SSSR count). The number of azide groups is 1. The highest BCUT2D eigenvalue weighted by molar-refractivity contribution is 7.16. The van der Waals surface area contributed by atoms with E-state index in [1.807, 2.05) is 19.2 Å². The Bertz CT molecular complexity index is 346. The van der Waals surface area contributed by atoms with E-state index in [1.165, 1.54) is 4.88 Å². The first kappa shape index (κ1) is 12.3. The summed E-state index contributed by atoms with van der Waals surface area (Å²) < 4.78 is 0.826. The summed E-state index contributed by atoms with van der Waals surface area (Å²) in [6.45, 7) is 2.38. The first-order valence-electron chi connectivity index (χ1n) is 4.66. The summed E-state index contributed by atoms with van der Waals surface area (Å²) in [5.41, 5.74) is 8.10. The lowest BCUT2D eigenvalue weighted by Crippen LogP contribution is -2.18. The Hall–Kier alpha value is -0.740. The van der Waals surface area contributed by atoms with Crippen molar-refractivity contribution in [2.75, 3.05) is 20.1 Å². The van der Waals surface area contributed by atoms with Crippen molar-refractivity contribution in [1.82, 2.24) is 4.90 Å². The summed E-state index contributed by atoms with van der Waals surface area (Å²) in [6, 6.07) is 3.95. The van der Waals surface area contributed by atoms with Gasteiger partial charge in [0.15, 0.2) is 0 Å². The van der Waals surface area contributed by atoms with Gasteiger partial charge in [-0.05, 0) is 37.7 Å². The maximum atomic E-state index is 8.10. The first-order valence-corrected chi connectivity index (χ1v) is 5.85. The molecule has 0 amide bonds. The topological polar surface area (TPSA) is 52.0 Å². The smallest absolute Gasteiger partial charge is 0.0931 e. The third-order valence-corrected chi connectivity index (χ3v) is 3.13. The fourth-order valence-corrected chi connectivity index (χ4v) is 2.41. The minimum absolute atomic E-state index is 0.562. The minimum Gasteiger partial charge on any atom is -0.301 e. The summed E-state index contributed by atoms with van der Waals surface area (Å²) in [4.78, 5) is 6.16. The maximum Gasteiger partial charge on any atom is 0.0931 e. The Kier molecular flexibility index (Phi) is 5.50. The van der Waals surface area contributed by atoms with Gasteiger partial charge >= 0.3 is 0 Å². The highest BCUT2D eigenvalue weighted by atomic mass is 35.5. The minimum atomic E-state index is 0.562. The van der Waals surface area contributed by atoms with Gasteiger partial charge < -0.3 is 4.90 Å². The molecule has 15 heavy (non-hydrogen) atoms. The fourth-order valence-electron chi connectivity index (χ4n) is 1.24. The monoisotopic (exact) mass is 244 g/mol. The molecule has 1 aromatic rings. The molecule has 0 aromatic carbocycles. The second-order valence-corrected chi connectivity index (χ2v) is 5.05.